The van der Waals surface area contributed by atoms with E-state index in [2.05, 4.69) is 15.3 Å². The Morgan fingerprint density at radius 3 is 2.65 bits per heavy atom. The average Bonchev–Trinajstić information content (AvgIpc) is 2.91. The van der Waals surface area contributed by atoms with Crippen LogP contribution in [-0.4, -0.2) is 15.9 Å². The SMILES string of the molecule is Cc1cccc(C(=O)Nc2nc(C)c(-c3ccccn3)s2)c1C. The van der Waals surface area contributed by atoms with Crippen molar-refractivity contribution >= 4 is 22.4 Å². The lowest BCUT2D eigenvalue weighted by Crippen LogP contribution is -2.13. The maximum absolute atomic E-state index is 12.5. The zero-order chi connectivity index (χ0) is 16.4. The van der Waals surface area contributed by atoms with Crippen LogP contribution in [0.1, 0.15) is 27.2 Å². The first-order valence-corrected chi connectivity index (χ1v) is 8.14. The van der Waals surface area contributed by atoms with Crippen LogP contribution >= 0.6 is 11.3 Å². The van der Waals surface area contributed by atoms with Crippen LogP contribution in [0.25, 0.3) is 10.6 Å². The Balaban J connectivity index is 1.87. The van der Waals surface area contributed by atoms with Crippen LogP contribution in [0.2, 0.25) is 0 Å². The van der Waals surface area contributed by atoms with Crippen LogP contribution in [0.5, 0.6) is 0 Å². The van der Waals surface area contributed by atoms with Crippen molar-refractivity contribution in [2.75, 3.05) is 5.32 Å². The van der Waals surface area contributed by atoms with Crippen molar-refractivity contribution in [2.24, 2.45) is 0 Å². The molecule has 0 aliphatic carbocycles. The Morgan fingerprint density at radius 1 is 1.09 bits per heavy atom. The number of aryl methyl sites for hydroxylation is 2. The van der Waals surface area contributed by atoms with Gasteiger partial charge in [-0.15, -0.1) is 0 Å². The Bertz CT molecular complexity index is 856. The van der Waals surface area contributed by atoms with Gasteiger partial charge in [0.25, 0.3) is 5.91 Å². The summed E-state index contributed by atoms with van der Waals surface area (Å²) in [7, 11) is 0. The molecule has 0 saturated heterocycles. The summed E-state index contributed by atoms with van der Waals surface area (Å²) in [5.41, 5.74) is 4.50. The summed E-state index contributed by atoms with van der Waals surface area (Å²) in [6.07, 6.45) is 1.75. The van der Waals surface area contributed by atoms with Crippen LogP contribution in [0.4, 0.5) is 5.13 Å². The van der Waals surface area contributed by atoms with Crippen molar-refractivity contribution in [3.63, 3.8) is 0 Å². The zero-order valence-electron chi connectivity index (χ0n) is 13.3. The van der Waals surface area contributed by atoms with Gasteiger partial charge in [0.15, 0.2) is 5.13 Å². The molecule has 1 aromatic carbocycles. The van der Waals surface area contributed by atoms with E-state index in [9.17, 15) is 4.79 Å². The van der Waals surface area contributed by atoms with Gasteiger partial charge in [-0.1, -0.05) is 29.5 Å². The fourth-order valence-electron chi connectivity index (χ4n) is 2.35. The minimum absolute atomic E-state index is 0.132. The van der Waals surface area contributed by atoms with Gasteiger partial charge in [0, 0.05) is 11.8 Å². The molecule has 0 aliphatic rings. The zero-order valence-corrected chi connectivity index (χ0v) is 14.1. The minimum Gasteiger partial charge on any atom is -0.298 e. The second kappa shape index (κ2) is 6.30. The van der Waals surface area contributed by atoms with Crippen molar-refractivity contribution < 1.29 is 4.79 Å². The molecule has 1 amide bonds. The van der Waals surface area contributed by atoms with Gasteiger partial charge in [0.2, 0.25) is 0 Å². The first-order chi connectivity index (χ1) is 11.1. The van der Waals surface area contributed by atoms with Gasteiger partial charge in [-0.25, -0.2) is 4.98 Å². The normalized spacial score (nSPS) is 10.6. The number of hydrogen-bond acceptors (Lipinski definition) is 4. The molecule has 3 rings (SSSR count). The van der Waals surface area contributed by atoms with Gasteiger partial charge in [0.05, 0.1) is 16.3 Å². The summed E-state index contributed by atoms with van der Waals surface area (Å²) in [5, 5.41) is 3.49. The number of rotatable bonds is 3. The maximum atomic E-state index is 12.5. The molecule has 0 aliphatic heterocycles. The van der Waals surface area contributed by atoms with Gasteiger partial charge in [-0.2, -0.15) is 0 Å². The van der Waals surface area contributed by atoms with Crippen molar-refractivity contribution in [1.82, 2.24) is 9.97 Å². The number of nitrogens with zero attached hydrogens (tertiary/aromatic N) is 2. The number of carbonyl (C=O) groups is 1. The molecule has 2 heterocycles. The number of carbonyl (C=O) groups excluding carboxylic acids is 1. The number of pyridine rings is 1. The van der Waals surface area contributed by atoms with E-state index in [1.54, 1.807) is 6.20 Å². The van der Waals surface area contributed by atoms with E-state index in [0.29, 0.717) is 10.7 Å². The molecular formula is C18H17N3OS. The van der Waals surface area contributed by atoms with Crippen molar-refractivity contribution in [1.29, 1.82) is 0 Å². The van der Waals surface area contributed by atoms with Crippen LogP contribution in [0.3, 0.4) is 0 Å². The summed E-state index contributed by atoms with van der Waals surface area (Å²) in [6, 6.07) is 11.5. The standard InChI is InChI=1S/C18H17N3OS/c1-11-7-6-8-14(12(11)2)17(22)21-18-20-13(3)16(23-18)15-9-4-5-10-19-15/h4-10H,1-3H3,(H,20,21,22). The first kappa shape index (κ1) is 15.4. The second-order valence-electron chi connectivity index (χ2n) is 5.35. The largest absolute Gasteiger partial charge is 0.298 e. The topological polar surface area (TPSA) is 54.9 Å². The van der Waals surface area contributed by atoms with E-state index < -0.39 is 0 Å². The van der Waals surface area contributed by atoms with E-state index in [-0.39, 0.29) is 5.91 Å². The van der Waals surface area contributed by atoms with Gasteiger partial charge in [0.1, 0.15) is 0 Å². The number of thiazole rings is 1. The first-order valence-electron chi connectivity index (χ1n) is 7.32. The van der Waals surface area contributed by atoms with Crippen LogP contribution in [0, 0.1) is 20.8 Å². The van der Waals surface area contributed by atoms with E-state index >= 15 is 0 Å². The van der Waals surface area contributed by atoms with Crippen molar-refractivity contribution in [2.45, 2.75) is 20.8 Å². The highest BCUT2D eigenvalue weighted by Crippen LogP contribution is 2.31. The maximum Gasteiger partial charge on any atom is 0.257 e. The van der Waals surface area contributed by atoms with Crippen LogP contribution in [0.15, 0.2) is 42.6 Å². The molecule has 116 valence electrons. The molecule has 1 N–H and O–H groups in total. The highest BCUT2D eigenvalue weighted by molar-refractivity contribution is 7.19. The van der Waals surface area contributed by atoms with Crippen molar-refractivity contribution in [3.8, 4) is 10.6 Å². The molecule has 0 fully saturated rings. The van der Waals surface area contributed by atoms with Gasteiger partial charge in [-0.3, -0.25) is 15.1 Å². The summed E-state index contributed by atoms with van der Waals surface area (Å²) in [4.78, 5) is 22.3. The highest BCUT2D eigenvalue weighted by Gasteiger charge is 2.15. The van der Waals surface area contributed by atoms with Gasteiger partial charge < -0.3 is 0 Å². The Kier molecular flexibility index (Phi) is 4.21. The molecule has 2 aromatic heterocycles. The summed E-state index contributed by atoms with van der Waals surface area (Å²) >= 11 is 1.44. The van der Waals surface area contributed by atoms with Gasteiger partial charge >= 0.3 is 0 Å². The number of aromatic nitrogens is 2. The molecule has 0 radical (unpaired) electrons. The summed E-state index contributed by atoms with van der Waals surface area (Å²) in [5.74, 6) is -0.132. The van der Waals surface area contributed by atoms with E-state index in [1.165, 1.54) is 11.3 Å². The summed E-state index contributed by atoms with van der Waals surface area (Å²) < 4.78 is 0. The quantitative estimate of drug-likeness (QED) is 0.778. The number of benzene rings is 1. The molecule has 0 unspecified atom stereocenters. The van der Waals surface area contributed by atoms with Crippen LogP contribution < -0.4 is 5.32 Å². The summed E-state index contributed by atoms with van der Waals surface area (Å²) in [6.45, 7) is 5.88. The lowest BCUT2D eigenvalue weighted by atomic mass is 10.0. The number of anilines is 1. The van der Waals surface area contributed by atoms with Crippen LogP contribution in [-0.2, 0) is 0 Å². The van der Waals surface area contributed by atoms with E-state index in [0.717, 1.165) is 27.4 Å². The average molecular weight is 323 g/mol. The number of amides is 1. The molecule has 3 aromatic rings. The third kappa shape index (κ3) is 3.14. The fraction of sp³-hybridized carbons (Fsp3) is 0.167. The lowest BCUT2D eigenvalue weighted by Gasteiger charge is -2.07. The number of nitrogens with one attached hydrogen (secondary N) is 1. The second-order valence-corrected chi connectivity index (χ2v) is 6.35. The Morgan fingerprint density at radius 2 is 1.91 bits per heavy atom. The Labute approximate surface area is 139 Å². The molecular weight excluding hydrogens is 306 g/mol. The third-order valence-electron chi connectivity index (χ3n) is 3.76. The molecule has 0 saturated carbocycles. The van der Waals surface area contributed by atoms with E-state index in [1.807, 2.05) is 57.2 Å². The van der Waals surface area contributed by atoms with Crippen molar-refractivity contribution in [3.05, 3.63) is 65.0 Å². The Hall–Kier alpha value is -2.53. The predicted molar refractivity (Wildman–Crippen MR) is 94.0 cm³/mol. The van der Waals surface area contributed by atoms with Gasteiger partial charge in [-0.05, 0) is 50.1 Å². The molecule has 0 spiro atoms. The molecule has 0 bridgehead atoms. The highest BCUT2D eigenvalue weighted by atomic mass is 32.1. The minimum atomic E-state index is -0.132. The molecule has 5 heteroatoms. The number of hydrogen-bond donors (Lipinski definition) is 1. The molecule has 0 atom stereocenters. The third-order valence-corrected chi connectivity index (χ3v) is 4.86. The lowest BCUT2D eigenvalue weighted by molar-refractivity contribution is 0.102. The molecule has 23 heavy (non-hydrogen) atoms. The predicted octanol–water partition coefficient (Wildman–Crippen LogP) is 4.38. The smallest absolute Gasteiger partial charge is 0.257 e. The molecule has 4 nitrogen and oxygen atoms in total. The fourth-order valence-corrected chi connectivity index (χ4v) is 3.28. The van der Waals surface area contributed by atoms with E-state index in [4.69, 9.17) is 0 Å². The monoisotopic (exact) mass is 323 g/mol.